The van der Waals surface area contributed by atoms with Gasteiger partial charge < -0.3 is 5.32 Å². The average molecular weight is 256 g/mol. The second-order valence-corrected chi connectivity index (χ2v) is 3.79. The van der Waals surface area contributed by atoms with E-state index in [-0.39, 0.29) is 10.8 Å². The van der Waals surface area contributed by atoms with Crippen molar-refractivity contribution < 1.29 is 4.39 Å². The topological polar surface area (TPSA) is 55.6 Å². The number of rotatable bonds is 4. The highest BCUT2D eigenvalue weighted by Crippen LogP contribution is 2.21. The summed E-state index contributed by atoms with van der Waals surface area (Å²) in [5.74, 6) is 0.236. The van der Waals surface area contributed by atoms with Crippen molar-refractivity contribution in [3.8, 4) is 5.69 Å². The van der Waals surface area contributed by atoms with Crippen LogP contribution in [-0.4, -0.2) is 26.8 Å². The molecule has 0 aliphatic carbocycles. The summed E-state index contributed by atoms with van der Waals surface area (Å²) in [5.41, 5.74) is 0.561. The molecule has 1 aromatic carbocycles. The van der Waals surface area contributed by atoms with Crippen LogP contribution in [0.25, 0.3) is 5.69 Å². The third-order valence-corrected chi connectivity index (χ3v) is 2.51. The molecule has 1 aromatic heterocycles. The lowest BCUT2D eigenvalue weighted by Crippen LogP contribution is -2.16. The Bertz CT molecular complexity index is 513. The summed E-state index contributed by atoms with van der Waals surface area (Å²) in [4.78, 5) is 0. The van der Waals surface area contributed by atoms with E-state index in [1.807, 2.05) is 6.92 Å². The van der Waals surface area contributed by atoms with Crippen LogP contribution in [0.1, 0.15) is 12.7 Å². The van der Waals surface area contributed by atoms with Gasteiger partial charge in [0.1, 0.15) is 5.82 Å². The van der Waals surface area contributed by atoms with Crippen molar-refractivity contribution >= 4 is 11.6 Å². The maximum absolute atomic E-state index is 12.9. The van der Waals surface area contributed by atoms with E-state index in [1.54, 1.807) is 6.07 Å². The van der Waals surface area contributed by atoms with E-state index in [0.29, 0.717) is 18.1 Å². The van der Waals surface area contributed by atoms with Crippen molar-refractivity contribution in [3.63, 3.8) is 0 Å². The number of aromatic nitrogens is 4. The third-order valence-electron chi connectivity index (χ3n) is 2.21. The first kappa shape index (κ1) is 11.9. The van der Waals surface area contributed by atoms with E-state index in [4.69, 9.17) is 11.6 Å². The Morgan fingerprint density at radius 3 is 3.00 bits per heavy atom. The Morgan fingerprint density at radius 1 is 1.47 bits per heavy atom. The Labute approximate surface area is 103 Å². The van der Waals surface area contributed by atoms with Crippen LogP contribution < -0.4 is 5.32 Å². The van der Waals surface area contributed by atoms with Gasteiger partial charge >= 0.3 is 0 Å². The second kappa shape index (κ2) is 5.20. The molecule has 0 fully saturated rings. The van der Waals surface area contributed by atoms with Gasteiger partial charge in [-0.25, -0.2) is 4.39 Å². The number of hydrogen-bond acceptors (Lipinski definition) is 4. The van der Waals surface area contributed by atoms with E-state index in [0.717, 1.165) is 6.54 Å². The molecule has 17 heavy (non-hydrogen) atoms. The summed E-state index contributed by atoms with van der Waals surface area (Å²) < 4.78 is 14.4. The minimum atomic E-state index is -0.389. The van der Waals surface area contributed by atoms with Crippen LogP contribution in [0.2, 0.25) is 5.02 Å². The van der Waals surface area contributed by atoms with Crippen LogP contribution in [0.3, 0.4) is 0 Å². The molecule has 0 radical (unpaired) electrons. The molecule has 0 aliphatic heterocycles. The van der Waals surface area contributed by atoms with Crippen molar-refractivity contribution in [2.24, 2.45) is 0 Å². The van der Waals surface area contributed by atoms with Crippen molar-refractivity contribution in [2.45, 2.75) is 13.5 Å². The molecule has 1 N–H and O–H groups in total. The molecule has 0 atom stereocenters. The molecule has 2 rings (SSSR count). The minimum absolute atomic E-state index is 0.273. The highest BCUT2D eigenvalue weighted by Gasteiger charge is 2.11. The number of benzene rings is 1. The molecular weight excluding hydrogens is 245 g/mol. The smallest absolute Gasteiger partial charge is 0.170 e. The maximum atomic E-state index is 12.9. The van der Waals surface area contributed by atoms with Crippen LogP contribution in [-0.2, 0) is 6.54 Å². The number of nitrogens with one attached hydrogen (secondary N) is 1. The Hall–Kier alpha value is -1.53. The van der Waals surface area contributed by atoms with E-state index in [9.17, 15) is 4.39 Å². The molecule has 90 valence electrons. The molecule has 0 aliphatic rings. The lowest BCUT2D eigenvalue weighted by Gasteiger charge is -2.06. The van der Waals surface area contributed by atoms with Gasteiger partial charge in [0.2, 0.25) is 0 Å². The van der Waals surface area contributed by atoms with Crippen LogP contribution in [0.4, 0.5) is 4.39 Å². The molecule has 0 unspecified atom stereocenters. The summed E-state index contributed by atoms with van der Waals surface area (Å²) in [6, 6.07) is 4.10. The molecular formula is C10H11ClFN5. The predicted molar refractivity (Wildman–Crippen MR) is 61.5 cm³/mol. The lowest BCUT2D eigenvalue weighted by molar-refractivity contribution is 0.625. The predicted octanol–water partition coefficient (Wildman–Crippen LogP) is 1.56. The van der Waals surface area contributed by atoms with Gasteiger partial charge in [0.05, 0.1) is 17.3 Å². The third kappa shape index (κ3) is 2.59. The summed E-state index contributed by atoms with van der Waals surface area (Å²) in [5, 5.41) is 14.7. The fraction of sp³-hybridized carbons (Fsp3) is 0.300. The number of halogens is 2. The van der Waals surface area contributed by atoms with Crippen molar-refractivity contribution in [2.75, 3.05) is 6.54 Å². The first-order chi connectivity index (χ1) is 8.22. The molecule has 0 amide bonds. The first-order valence-corrected chi connectivity index (χ1v) is 5.53. The minimum Gasteiger partial charge on any atom is -0.310 e. The zero-order valence-corrected chi connectivity index (χ0v) is 9.95. The van der Waals surface area contributed by atoms with Gasteiger partial charge in [0, 0.05) is 0 Å². The quantitative estimate of drug-likeness (QED) is 0.901. The highest BCUT2D eigenvalue weighted by molar-refractivity contribution is 6.32. The highest BCUT2D eigenvalue weighted by atomic mass is 35.5. The molecule has 0 saturated heterocycles. The van der Waals surface area contributed by atoms with E-state index < -0.39 is 0 Å². The monoisotopic (exact) mass is 255 g/mol. The fourth-order valence-electron chi connectivity index (χ4n) is 1.39. The second-order valence-electron chi connectivity index (χ2n) is 3.38. The van der Waals surface area contributed by atoms with Gasteiger partial charge in [0.25, 0.3) is 0 Å². The van der Waals surface area contributed by atoms with Crippen LogP contribution in [0.5, 0.6) is 0 Å². The van der Waals surface area contributed by atoms with Crippen molar-refractivity contribution in [1.82, 2.24) is 25.5 Å². The molecule has 1 heterocycles. The summed E-state index contributed by atoms with van der Waals surface area (Å²) in [7, 11) is 0. The standard InChI is InChI=1S/C10H11ClFN5/c1-2-13-6-10-14-15-16-17(10)9-4-3-7(12)5-8(9)11/h3-5,13H,2,6H2,1H3. The van der Waals surface area contributed by atoms with E-state index in [1.165, 1.54) is 16.8 Å². The summed E-state index contributed by atoms with van der Waals surface area (Å²) >= 11 is 5.95. The molecule has 5 nitrogen and oxygen atoms in total. The zero-order chi connectivity index (χ0) is 12.3. The lowest BCUT2D eigenvalue weighted by atomic mass is 10.3. The zero-order valence-electron chi connectivity index (χ0n) is 9.19. The Balaban J connectivity index is 2.35. The molecule has 7 heteroatoms. The van der Waals surface area contributed by atoms with E-state index in [2.05, 4.69) is 20.8 Å². The van der Waals surface area contributed by atoms with Gasteiger partial charge in [-0.05, 0) is 35.2 Å². The van der Waals surface area contributed by atoms with Crippen LogP contribution in [0, 0.1) is 5.82 Å². The van der Waals surface area contributed by atoms with Crippen LogP contribution in [0.15, 0.2) is 18.2 Å². The van der Waals surface area contributed by atoms with Crippen molar-refractivity contribution in [1.29, 1.82) is 0 Å². The molecule has 0 spiro atoms. The SMILES string of the molecule is CCNCc1nnnn1-c1ccc(F)cc1Cl. The summed E-state index contributed by atoms with van der Waals surface area (Å²) in [6.45, 7) is 3.32. The number of hydrogen-bond donors (Lipinski definition) is 1. The van der Waals surface area contributed by atoms with Gasteiger partial charge in [-0.2, -0.15) is 4.68 Å². The first-order valence-electron chi connectivity index (χ1n) is 5.15. The Kier molecular flexibility index (Phi) is 3.65. The fourth-order valence-corrected chi connectivity index (χ4v) is 1.64. The van der Waals surface area contributed by atoms with Gasteiger partial charge in [0.15, 0.2) is 5.82 Å². The Morgan fingerprint density at radius 2 is 2.29 bits per heavy atom. The normalized spacial score (nSPS) is 10.8. The molecule has 0 bridgehead atoms. The van der Waals surface area contributed by atoms with Gasteiger partial charge in [-0.3, -0.25) is 0 Å². The number of tetrazole rings is 1. The van der Waals surface area contributed by atoms with Gasteiger partial charge in [-0.15, -0.1) is 5.10 Å². The summed E-state index contributed by atoms with van der Waals surface area (Å²) in [6.07, 6.45) is 0. The van der Waals surface area contributed by atoms with Crippen LogP contribution >= 0.6 is 11.6 Å². The van der Waals surface area contributed by atoms with Gasteiger partial charge in [-0.1, -0.05) is 18.5 Å². The van der Waals surface area contributed by atoms with Crippen molar-refractivity contribution in [3.05, 3.63) is 34.9 Å². The molecule has 0 saturated carbocycles. The average Bonchev–Trinajstić information content (AvgIpc) is 2.74. The maximum Gasteiger partial charge on any atom is 0.170 e. The number of nitrogens with zero attached hydrogens (tertiary/aromatic N) is 4. The largest absolute Gasteiger partial charge is 0.310 e. The molecule has 2 aromatic rings. The van der Waals surface area contributed by atoms with E-state index >= 15 is 0 Å².